The van der Waals surface area contributed by atoms with Crippen LogP contribution in [0.25, 0.3) is 0 Å². The van der Waals surface area contributed by atoms with E-state index in [4.69, 9.17) is 10.9 Å². The number of nitrogens with two attached hydrogens (primary N) is 2. The molecule has 21 heavy (non-hydrogen) atoms. The molecule has 0 unspecified atom stereocenters. The quantitative estimate of drug-likeness (QED) is 0.382. The van der Waals surface area contributed by atoms with Crippen molar-refractivity contribution in [1.29, 1.82) is 0 Å². The lowest BCUT2D eigenvalue weighted by Crippen LogP contribution is -2.45. The molecular formula is C13H23IN4O2S. The van der Waals surface area contributed by atoms with Crippen LogP contribution < -0.4 is 16.2 Å². The Kier molecular flexibility index (Phi) is 7.62. The van der Waals surface area contributed by atoms with Crippen molar-refractivity contribution in [3.8, 4) is 0 Å². The molecule has 0 aliphatic heterocycles. The molecule has 0 atom stereocenters. The fourth-order valence-electron chi connectivity index (χ4n) is 1.57. The van der Waals surface area contributed by atoms with Crippen LogP contribution in [0.4, 0.5) is 0 Å². The SMILES string of the molecule is CC(C)(C)NC(N)=NCCc1ccc(S(N)(=O)=O)cc1.I. The van der Waals surface area contributed by atoms with Gasteiger partial charge in [0.1, 0.15) is 0 Å². The molecule has 0 aromatic heterocycles. The molecule has 0 amide bonds. The number of guanidine groups is 1. The van der Waals surface area contributed by atoms with Gasteiger partial charge >= 0.3 is 0 Å². The number of primary sulfonamides is 1. The zero-order valence-electron chi connectivity index (χ0n) is 12.5. The lowest BCUT2D eigenvalue weighted by molar-refractivity contribution is 0.508. The van der Waals surface area contributed by atoms with Gasteiger partial charge in [-0.05, 0) is 44.9 Å². The predicted molar refractivity (Wildman–Crippen MR) is 96.3 cm³/mol. The minimum Gasteiger partial charge on any atom is -0.370 e. The van der Waals surface area contributed by atoms with Gasteiger partial charge in [0.2, 0.25) is 10.0 Å². The van der Waals surface area contributed by atoms with Gasteiger partial charge in [-0.1, -0.05) is 12.1 Å². The highest BCUT2D eigenvalue weighted by Crippen LogP contribution is 2.09. The van der Waals surface area contributed by atoms with Gasteiger partial charge in [0.05, 0.1) is 4.90 Å². The summed E-state index contributed by atoms with van der Waals surface area (Å²) >= 11 is 0. The van der Waals surface area contributed by atoms with Crippen molar-refractivity contribution in [1.82, 2.24) is 5.32 Å². The number of hydrogen-bond donors (Lipinski definition) is 3. The molecule has 8 heteroatoms. The summed E-state index contributed by atoms with van der Waals surface area (Å²) in [5.41, 5.74) is 6.60. The van der Waals surface area contributed by atoms with E-state index in [1.807, 2.05) is 20.8 Å². The van der Waals surface area contributed by atoms with E-state index in [0.717, 1.165) is 5.56 Å². The molecule has 1 aromatic carbocycles. The summed E-state index contributed by atoms with van der Waals surface area (Å²) in [6.07, 6.45) is 0.678. The molecule has 6 nitrogen and oxygen atoms in total. The van der Waals surface area contributed by atoms with Crippen LogP contribution in [0.3, 0.4) is 0 Å². The van der Waals surface area contributed by atoms with Gasteiger partial charge in [-0.15, -0.1) is 24.0 Å². The largest absolute Gasteiger partial charge is 0.370 e. The number of hydrogen-bond acceptors (Lipinski definition) is 3. The van der Waals surface area contributed by atoms with Crippen LogP contribution in [-0.2, 0) is 16.4 Å². The molecule has 1 aromatic rings. The minimum absolute atomic E-state index is 0. The first kappa shape index (κ1) is 20.1. The lowest BCUT2D eigenvalue weighted by Gasteiger charge is -2.20. The average Bonchev–Trinajstić information content (AvgIpc) is 2.26. The Balaban J connectivity index is 0.00000400. The van der Waals surface area contributed by atoms with Crippen LogP contribution in [0.1, 0.15) is 26.3 Å². The van der Waals surface area contributed by atoms with Gasteiger partial charge in [0.15, 0.2) is 5.96 Å². The number of aliphatic imine (C=N–C) groups is 1. The molecule has 1 rings (SSSR count). The molecule has 0 bridgehead atoms. The first-order valence-electron chi connectivity index (χ1n) is 6.28. The Labute approximate surface area is 143 Å². The van der Waals surface area contributed by atoms with Crippen LogP contribution in [0.2, 0.25) is 0 Å². The van der Waals surface area contributed by atoms with Crippen molar-refractivity contribution in [2.45, 2.75) is 37.6 Å². The summed E-state index contributed by atoms with van der Waals surface area (Å²) in [4.78, 5) is 4.33. The van der Waals surface area contributed by atoms with Crippen LogP contribution >= 0.6 is 24.0 Å². The van der Waals surface area contributed by atoms with E-state index < -0.39 is 10.0 Å². The maximum Gasteiger partial charge on any atom is 0.238 e. The van der Waals surface area contributed by atoms with Gasteiger partial charge in [-0.2, -0.15) is 0 Å². The topological polar surface area (TPSA) is 111 Å². The highest BCUT2D eigenvalue weighted by molar-refractivity contribution is 14.0. The van der Waals surface area contributed by atoms with E-state index in [9.17, 15) is 8.42 Å². The monoisotopic (exact) mass is 426 g/mol. The molecular weight excluding hydrogens is 403 g/mol. The normalized spacial score (nSPS) is 12.7. The van der Waals surface area contributed by atoms with Gasteiger partial charge < -0.3 is 11.1 Å². The van der Waals surface area contributed by atoms with Crippen molar-refractivity contribution in [3.05, 3.63) is 29.8 Å². The van der Waals surface area contributed by atoms with Gasteiger partial charge in [-0.3, -0.25) is 4.99 Å². The molecule has 0 aliphatic rings. The fraction of sp³-hybridized carbons (Fsp3) is 0.462. The molecule has 0 radical (unpaired) electrons. The first-order chi connectivity index (χ1) is 9.08. The number of nitrogens with zero attached hydrogens (tertiary/aromatic N) is 1. The van der Waals surface area contributed by atoms with Gasteiger partial charge in [0.25, 0.3) is 0 Å². The van der Waals surface area contributed by atoms with Crippen molar-refractivity contribution in [3.63, 3.8) is 0 Å². The summed E-state index contributed by atoms with van der Waals surface area (Å²) in [5, 5.41) is 8.10. The lowest BCUT2D eigenvalue weighted by atomic mass is 10.1. The Morgan fingerprint density at radius 3 is 2.19 bits per heavy atom. The van der Waals surface area contributed by atoms with Gasteiger partial charge in [0, 0.05) is 12.1 Å². The molecule has 0 saturated carbocycles. The Hall–Kier alpha value is -0.870. The van der Waals surface area contributed by atoms with Crippen molar-refractivity contribution >= 4 is 40.0 Å². The van der Waals surface area contributed by atoms with E-state index in [-0.39, 0.29) is 34.4 Å². The van der Waals surface area contributed by atoms with E-state index in [2.05, 4.69) is 10.3 Å². The second-order valence-corrected chi connectivity index (χ2v) is 7.14. The van der Waals surface area contributed by atoms with Crippen LogP contribution in [0, 0.1) is 0 Å². The number of sulfonamides is 1. The second kappa shape index (κ2) is 7.95. The van der Waals surface area contributed by atoms with Crippen molar-refractivity contribution in [2.24, 2.45) is 15.9 Å². The molecule has 120 valence electrons. The average molecular weight is 426 g/mol. The van der Waals surface area contributed by atoms with E-state index in [1.54, 1.807) is 12.1 Å². The zero-order valence-corrected chi connectivity index (χ0v) is 15.6. The number of halogens is 1. The third-order valence-electron chi connectivity index (χ3n) is 2.44. The van der Waals surface area contributed by atoms with E-state index in [0.29, 0.717) is 18.9 Å². The van der Waals surface area contributed by atoms with Crippen LogP contribution in [-0.4, -0.2) is 26.5 Å². The van der Waals surface area contributed by atoms with Crippen molar-refractivity contribution < 1.29 is 8.42 Å². The standard InChI is InChI=1S/C13H22N4O2S.HI/c1-13(2,3)17-12(14)16-9-8-10-4-6-11(7-5-10)20(15,18)19;/h4-7H,8-9H2,1-3H3,(H3,14,16,17)(H2,15,18,19);1H. The number of rotatable bonds is 4. The molecule has 0 fully saturated rings. The fourth-order valence-corrected chi connectivity index (χ4v) is 2.09. The first-order valence-corrected chi connectivity index (χ1v) is 7.82. The maximum atomic E-state index is 11.1. The molecule has 0 saturated heterocycles. The summed E-state index contributed by atoms with van der Waals surface area (Å²) in [5.74, 6) is 0.402. The summed E-state index contributed by atoms with van der Waals surface area (Å²) in [7, 11) is -3.63. The predicted octanol–water partition coefficient (Wildman–Crippen LogP) is 1.20. The summed E-state index contributed by atoms with van der Waals surface area (Å²) in [6.45, 7) is 6.54. The second-order valence-electron chi connectivity index (χ2n) is 5.58. The van der Waals surface area contributed by atoms with E-state index >= 15 is 0 Å². The number of benzene rings is 1. The Bertz CT molecular complexity index is 577. The number of nitrogens with one attached hydrogen (secondary N) is 1. The highest BCUT2D eigenvalue weighted by atomic mass is 127. The minimum atomic E-state index is -3.63. The Morgan fingerprint density at radius 2 is 1.76 bits per heavy atom. The highest BCUT2D eigenvalue weighted by Gasteiger charge is 2.09. The van der Waals surface area contributed by atoms with Gasteiger partial charge in [-0.25, -0.2) is 13.6 Å². The summed E-state index contributed by atoms with van der Waals surface area (Å²) < 4.78 is 22.2. The third-order valence-corrected chi connectivity index (χ3v) is 3.37. The summed E-state index contributed by atoms with van der Waals surface area (Å²) in [6, 6.07) is 6.43. The van der Waals surface area contributed by atoms with Crippen molar-refractivity contribution in [2.75, 3.05) is 6.54 Å². The maximum absolute atomic E-state index is 11.1. The van der Waals surface area contributed by atoms with Crippen LogP contribution in [0.5, 0.6) is 0 Å². The third kappa shape index (κ3) is 8.22. The molecule has 5 N–H and O–H groups in total. The molecule has 0 aliphatic carbocycles. The molecule has 0 spiro atoms. The molecule has 0 heterocycles. The smallest absolute Gasteiger partial charge is 0.238 e. The Morgan fingerprint density at radius 1 is 1.24 bits per heavy atom. The van der Waals surface area contributed by atoms with Crippen LogP contribution in [0.15, 0.2) is 34.2 Å². The zero-order chi connectivity index (χ0) is 15.4. The van der Waals surface area contributed by atoms with E-state index in [1.165, 1.54) is 12.1 Å².